The smallest absolute Gasteiger partial charge is 0.157 e. The average Bonchev–Trinajstić information content (AvgIpc) is 2.40. The second-order valence-electron chi connectivity index (χ2n) is 4.46. The van der Waals surface area contributed by atoms with Crippen LogP contribution in [0.15, 0.2) is 36.7 Å². The summed E-state index contributed by atoms with van der Waals surface area (Å²) in [7, 11) is 0. The Morgan fingerprint density at radius 2 is 1.83 bits per heavy atom. The van der Waals surface area contributed by atoms with Gasteiger partial charge in [0.15, 0.2) is 11.5 Å². The van der Waals surface area contributed by atoms with E-state index in [2.05, 4.69) is 10.3 Å². The maximum atomic E-state index is 9.65. The van der Waals surface area contributed by atoms with Crippen molar-refractivity contribution < 1.29 is 10.2 Å². The van der Waals surface area contributed by atoms with Crippen LogP contribution in [0.5, 0.6) is 11.5 Å². The number of phenolic OH excluding ortho intramolecular Hbond substituents is 2. The molecule has 18 heavy (non-hydrogen) atoms. The molecule has 4 nitrogen and oxygen atoms in total. The number of aromatic nitrogens is 1. The molecule has 1 atom stereocenters. The third-order valence-corrected chi connectivity index (χ3v) is 3.33. The quantitative estimate of drug-likeness (QED) is 0.666. The fourth-order valence-corrected chi connectivity index (χ4v) is 2.44. The zero-order chi connectivity index (χ0) is 12.5. The van der Waals surface area contributed by atoms with Gasteiger partial charge in [-0.05, 0) is 47.4 Å². The van der Waals surface area contributed by atoms with Gasteiger partial charge < -0.3 is 15.5 Å². The molecule has 1 aliphatic rings. The first-order valence-corrected chi connectivity index (χ1v) is 5.94. The molecular weight excluding hydrogens is 228 g/mol. The first-order chi connectivity index (χ1) is 8.75. The lowest BCUT2D eigenvalue weighted by molar-refractivity contribution is 0.400. The van der Waals surface area contributed by atoms with Crippen molar-refractivity contribution in [3.8, 4) is 11.5 Å². The number of hydrogen-bond donors (Lipinski definition) is 3. The van der Waals surface area contributed by atoms with Gasteiger partial charge in [-0.2, -0.15) is 0 Å². The first kappa shape index (κ1) is 11.0. The monoisotopic (exact) mass is 242 g/mol. The van der Waals surface area contributed by atoms with E-state index in [1.807, 2.05) is 12.1 Å². The summed E-state index contributed by atoms with van der Waals surface area (Å²) in [5.41, 5.74) is 3.20. The summed E-state index contributed by atoms with van der Waals surface area (Å²) in [5.74, 6) is -0.124. The molecule has 0 saturated heterocycles. The number of hydrogen-bond acceptors (Lipinski definition) is 4. The Hall–Kier alpha value is -2.07. The maximum absolute atomic E-state index is 9.65. The van der Waals surface area contributed by atoms with Gasteiger partial charge in [-0.25, -0.2) is 0 Å². The number of nitrogens with zero attached hydrogens (tertiary/aromatic N) is 1. The van der Waals surface area contributed by atoms with Crippen molar-refractivity contribution in [2.45, 2.75) is 12.5 Å². The largest absolute Gasteiger partial charge is 0.504 e. The summed E-state index contributed by atoms with van der Waals surface area (Å²) < 4.78 is 0. The molecule has 0 saturated carbocycles. The van der Waals surface area contributed by atoms with Crippen molar-refractivity contribution in [2.24, 2.45) is 0 Å². The van der Waals surface area contributed by atoms with Gasteiger partial charge >= 0.3 is 0 Å². The van der Waals surface area contributed by atoms with Crippen LogP contribution in [-0.4, -0.2) is 21.7 Å². The molecule has 0 radical (unpaired) electrons. The zero-order valence-electron chi connectivity index (χ0n) is 9.80. The van der Waals surface area contributed by atoms with E-state index in [1.54, 1.807) is 24.5 Å². The SMILES string of the molecule is Oc1cc2c(cc1O)[C@H](c1ccncc1)NCC2. The zero-order valence-corrected chi connectivity index (χ0v) is 9.80. The molecular formula is C14H14N2O2. The second kappa shape index (κ2) is 4.31. The molecule has 1 aromatic heterocycles. The van der Waals surface area contributed by atoms with Crippen LogP contribution in [0.1, 0.15) is 22.7 Å². The van der Waals surface area contributed by atoms with Crippen LogP contribution in [0.3, 0.4) is 0 Å². The van der Waals surface area contributed by atoms with E-state index < -0.39 is 0 Å². The number of phenols is 2. The van der Waals surface area contributed by atoms with Crippen molar-refractivity contribution in [1.82, 2.24) is 10.3 Å². The van der Waals surface area contributed by atoms with Gasteiger partial charge in [0, 0.05) is 18.9 Å². The van der Waals surface area contributed by atoms with E-state index in [4.69, 9.17) is 0 Å². The van der Waals surface area contributed by atoms with Gasteiger partial charge in [0.25, 0.3) is 0 Å². The topological polar surface area (TPSA) is 65.4 Å². The van der Waals surface area contributed by atoms with Crippen LogP contribution >= 0.6 is 0 Å². The molecule has 0 spiro atoms. The lowest BCUT2D eigenvalue weighted by Gasteiger charge is -2.27. The lowest BCUT2D eigenvalue weighted by Crippen LogP contribution is -2.30. The Balaban J connectivity index is 2.09. The van der Waals surface area contributed by atoms with Crippen molar-refractivity contribution >= 4 is 0 Å². The van der Waals surface area contributed by atoms with Gasteiger partial charge in [0.2, 0.25) is 0 Å². The third-order valence-electron chi connectivity index (χ3n) is 3.33. The van der Waals surface area contributed by atoms with E-state index in [9.17, 15) is 10.2 Å². The van der Waals surface area contributed by atoms with Crippen LogP contribution in [0.4, 0.5) is 0 Å². The predicted octanol–water partition coefficient (Wildman–Crippen LogP) is 1.73. The Kier molecular flexibility index (Phi) is 2.64. The molecule has 0 aliphatic carbocycles. The highest BCUT2D eigenvalue weighted by Crippen LogP contribution is 2.35. The standard InChI is InChI=1S/C14H14N2O2/c17-12-7-10-3-6-16-14(11(10)8-13(12)18)9-1-4-15-5-2-9/h1-2,4-5,7-8,14,16-18H,3,6H2/t14-/m0/s1. The third kappa shape index (κ3) is 1.80. The van der Waals surface area contributed by atoms with E-state index in [0.717, 1.165) is 29.7 Å². The molecule has 0 bridgehead atoms. The highest BCUT2D eigenvalue weighted by atomic mass is 16.3. The van der Waals surface area contributed by atoms with Gasteiger partial charge in [-0.1, -0.05) is 0 Å². The number of rotatable bonds is 1. The Bertz CT molecular complexity index is 570. The summed E-state index contributed by atoms with van der Waals surface area (Å²) in [5, 5.41) is 22.6. The molecule has 1 aromatic carbocycles. The Labute approximate surface area is 105 Å². The molecule has 3 rings (SSSR count). The number of nitrogens with one attached hydrogen (secondary N) is 1. The van der Waals surface area contributed by atoms with Crippen molar-refractivity contribution in [1.29, 1.82) is 0 Å². The summed E-state index contributed by atoms with van der Waals surface area (Å²) in [6, 6.07) is 7.25. The number of aromatic hydroxyl groups is 2. The summed E-state index contributed by atoms with van der Waals surface area (Å²) in [6.07, 6.45) is 4.36. The molecule has 0 unspecified atom stereocenters. The Morgan fingerprint density at radius 3 is 2.61 bits per heavy atom. The van der Waals surface area contributed by atoms with Crippen LogP contribution in [-0.2, 0) is 6.42 Å². The van der Waals surface area contributed by atoms with Crippen molar-refractivity contribution in [3.05, 3.63) is 53.3 Å². The summed E-state index contributed by atoms with van der Waals surface area (Å²) >= 11 is 0. The number of benzene rings is 1. The van der Waals surface area contributed by atoms with Crippen LogP contribution < -0.4 is 5.32 Å². The van der Waals surface area contributed by atoms with E-state index in [1.165, 1.54) is 0 Å². The minimum absolute atomic E-state index is 0.0447. The van der Waals surface area contributed by atoms with Crippen LogP contribution in [0.25, 0.3) is 0 Å². The first-order valence-electron chi connectivity index (χ1n) is 5.94. The molecule has 4 heteroatoms. The summed E-state index contributed by atoms with van der Waals surface area (Å²) in [6.45, 7) is 0.851. The lowest BCUT2D eigenvalue weighted by atomic mass is 9.90. The van der Waals surface area contributed by atoms with Crippen molar-refractivity contribution in [3.63, 3.8) is 0 Å². The van der Waals surface area contributed by atoms with E-state index >= 15 is 0 Å². The van der Waals surface area contributed by atoms with Crippen molar-refractivity contribution in [2.75, 3.05) is 6.54 Å². The Morgan fingerprint density at radius 1 is 1.11 bits per heavy atom. The second-order valence-corrected chi connectivity index (χ2v) is 4.46. The van der Waals surface area contributed by atoms with Crippen LogP contribution in [0, 0.1) is 0 Å². The van der Waals surface area contributed by atoms with Gasteiger partial charge in [0.05, 0.1) is 6.04 Å². The molecule has 92 valence electrons. The fraction of sp³-hybridized carbons (Fsp3) is 0.214. The molecule has 1 aliphatic heterocycles. The van der Waals surface area contributed by atoms with Gasteiger partial charge in [-0.3, -0.25) is 4.98 Å². The molecule has 3 N–H and O–H groups in total. The van der Waals surface area contributed by atoms with Gasteiger partial charge in [0.1, 0.15) is 0 Å². The summed E-state index contributed by atoms with van der Waals surface area (Å²) in [4.78, 5) is 4.01. The van der Waals surface area contributed by atoms with Crippen LogP contribution in [0.2, 0.25) is 0 Å². The highest BCUT2D eigenvalue weighted by molar-refractivity contribution is 5.50. The highest BCUT2D eigenvalue weighted by Gasteiger charge is 2.22. The minimum Gasteiger partial charge on any atom is -0.504 e. The average molecular weight is 242 g/mol. The minimum atomic E-state index is -0.0727. The van der Waals surface area contributed by atoms with E-state index in [0.29, 0.717) is 0 Å². The normalized spacial score (nSPS) is 18.3. The van der Waals surface area contributed by atoms with Gasteiger partial charge in [-0.15, -0.1) is 0 Å². The molecule has 0 amide bonds. The maximum Gasteiger partial charge on any atom is 0.157 e. The molecule has 2 aromatic rings. The fourth-order valence-electron chi connectivity index (χ4n) is 2.44. The predicted molar refractivity (Wildman–Crippen MR) is 67.6 cm³/mol. The molecule has 2 heterocycles. The number of pyridine rings is 1. The molecule has 0 fully saturated rings. The number of fused-ring (bicyclic) bond motifs is 1. The van der Waals surface area contributed by atoms with E-state index in [-0.39, 0.29) is 17.5 Å².